The molecule has 0 radical (unpaired) electrons. The highest BCUT2D eigenvalue weighted by Gasteiger charge is 2.25. The van der Waals surface area contributed by atoms with Crippen molar-refractivity contribution < 1.29 is 4.79 Å². The summed E-state index contributed by atoms with van der Waals surface area (Å²) < 4.78 is 4.12. The Morgan fingerprint density at radius 2 is 2.11 bits per heavy atom. The van der Waals surface area contributed by atoms with E-state index in [-0.39, 0.29) is 11.9 Å². The van der Waals surface area contributed by atoms with Crippen molar-refractivity contribution in [1.82, 2.24) is 29.5 Å². The maximum absolute atomic E-state index is 12.4. The number of carbonyl (C=O) groups is 1. The quantitative estimate of drug-likeness (QED) is 0.727. The van der Waals surface area contributed by atoms with Crippen molar-refractivity contribution in [2.24, 2.45) is 0 Å². The highest BCUT2D eigenvalue weighted by atomic mass is 16.1. The number of carbonyl (C=O) groups excluding carboxylic acids is 1. The van der Waals surface area contributed by atoms with Gasteiger partial charge in [0.2, 0.25) is 0 Å². The van der Waals surface area contributed by atoms with Crippen LogP contribution in [0.3, 0.4) is 0 Å². The molecule has 1 atom stereocenters. The van der Waals surface area contributed by atoms with Crippen molar-refractivity contribution in [2.45, 2.75) is 32.6 Å². The molecule has 1 aromatic carbocycles. The molecule has 0 saturated carbocycles. The van der Waals surface area contributed by atoms with Crippen LogP contribution < -0.4 is 5.32 Å². The molecule has 0 fully saturated rings. The van der Waals surface area contributed by atoms with E-state index in [1.165, 1.54) is 11.3 Å². The lowest BCUT2D eigenvalue weighted by atomic mass is 10.1. The number of nitrogens with zero attached hydrogens (tertiary/aromatic N) is 5. The molecule has 0 bridgehead atoms. The SMILES string of the molecule is CCn1cc(CN2Cc3cncn3[C@H](CNC(=O)c3ccccc3)C2)cn1. The van der Waals surface area contributed by atoms with Gasteiger partial charge in [0.05, 0.1) is 24.3 Å². The Kier molecular flexibility index (Phi) is 5.02. The van der Waals surface area contributed by atoms with Crippen LogP contribution in [0.2, 0.25) is 0 Å². The Bertz CT molecular complexity index is 900. The Balaban J connectivity index is 1.43. The summed E-state index contributed by atoms with van der Waals surface area (Å²) in [5, 5.41) is 7.43. The molecule has 0 aliphatic carbocycles. The number of hydrogen-bond acceptors (Lipinski definition) is 4. The number of nitrogens with one attached hydrogen (secondary N) is 1. The van der Waals surface area contributed by atoms with E-state index in [1.54, 1.807) is 0 Å². The second kappa shape index (κ2) is 7.75. The van der Waals surface area contributed by atoms with Gasteiger partial charge in [-0.25, -0.2) is 4.98 Å². The molecule has 1 aliphatic heterocycles. The lowest BCUT2D eigenvalue weighted by Crippen LogP contribution is -2.42. The normalized spacial score (nSPS) is 16.9. The van der Waals surface area contributed by atoms with Crippen LogP contribution in [0.25, 0.3) is 0 Å². The van der Waals surface area contributed by atoms with Crippen LogP contribution in [0.1, 0.15) is 34.6 Å². The van der Waals surface area contributed by atoms with Crippen molar-refractivity contribution >= 4 is 5.91 Å². The van der Waals surface area contributed by atoms with Crippen LogP contribution in [-0.4, -0.2) is 43.2 Å². The van der Waals surface area contributed by atoms with E-state index in [4.69, 9.17) is 0 Å². The summed E-state index contributed by atoms with van der Waals surface area (Å²) in [7, 11) is 0. The predicted octanol–water partition coefficient (Wildman–Crippen LogP) is 2.09. The minimum Gasteiger partial charge on any atom is -0.350 e. The first-order chi connectivity index (χ1) is 13.2. The van der Waals surface area contributed by atoms with Gasteiger partial charge < -0.3 is 9.88 Å². The van der Waals surface area contributed by atoms with Crippen molar-refractivity contribution in [3.8, 4) is 0 Å². The van der Waals surface area contributed by atoms with Crippen LogP contribution in [-0.2, 0) is 19.6 Å². The minimum atomic E-state index is -0.0430. The maximum Gasteiger partial charge on any atom is 0.251 e. The van der Waals surface area contributed by atoms with E-state index in [0.29, 0.717) is 12.1 Å². The summed E-state index contributed by atoms with van der Waals surface area (Å²) in [6, 6.07) is 9.48. The largest absolute Gasteiger partial charge is 0.350 e. The zero-order valence-corrected chi connectivity index (χ0v) is 15.5. The third kappa shape index (κ3) is 3.93. The summed E-state index contributed by atoms with van der Waals surface area (Å²) in [6.07, 6.45) is 7.80. The van der Waals surface area contributed by atoms with Gasteiger partial charge in [0.25, 0.3) is 5.91 Å². The molecule has 4 rings (SSSR count). The Labute approximate surface area is 158 Å². The van der Waals surface area contributed by atoms with Crippen LogP contribution >= 0.6 is 0 Å². The first-order valence-corrected chi connectivity index (χ1v) is 9.30. The molecule has 1 N–H and O–H groups in total. The standard InChI is InChI=1S/C20H24N6O/c1-2-25-12-16(8-23-25)11-24-13-18-9-21-15-26(18)19(14-24)10-22-20(27)17-6-4-3-5-7-17/h3-9,12,15,19H,2,10-11,13-14H2,1H3,(H,22,27)/t19-/m1/s1. The molecular weight excluding hydrogens is 340 g/mol. The van der Waals surface area contributed by atoms with Gasteiger partial charge >= 0.3 is 0 Å². The van der Waals surface area contributed by atoms with Gasteiger partial charge in [-0.2, -0.15) is 5.10 Å². The van der Waals surface area contributed by atoms with Crippen molar-refractivity contribution in [1.29, 1.82) is 0 Å². The molecule has 1 aliphatic rings. The Morgan fingerprint density at radius 3 is 2.89 bits per heavy atom. The molecule has 0 unspecified atom stereocenters. The van der Waals surface area contributed by atoms with Gasteiger partial charge in [0.15, 0.2) is 0 Å². The monoisotopic (exact) mass is 364 g/mol. The molecule has 7 heteroatoms. The lowest BCUT2D eigenvalue weighted by Gasteiger charge is -2.34. The van der Waals surface area contributed by atoms with E-state index in [9.17, 15) is 4.79 Å². The highest BCUT2D eigenvalue weighted by Crippen LogP contribution is 2.22. The minimum absolute atomic E-state index is 0.0430. The summed E-state index contributed by atoms with van der Waals surface area (Å²) >= 11 is 0. The van der Waals surface area contributed by atoms with Crippen LogP contribution in [0.15, 0.2) is 55.2 Å². The van der Waals surface area contributed by atoms with Gasteiger partial charge in [-0.1, -0.05) is 18.2 Å². The van der Waals surface area contributed by atoms with E-state index in [2.05, 4.69) is 38.0 Å². The zero-order valence-electron chi connectivity index (χ0n) is 15.5. The molecular formula is C20H24N6O. The van der Waals surface area contributed by atoms with Crippen LogP contribution in [0.5, 0.6) is 0 Å². The third-order valence-electron chi connectivity index (χ3n) is 4.95. The van der Waals surface area contributed by atoms with E-state index in [0.717, 1.165) is 26.2 Å². The summed E-state index contributed by atoms with van der Waals surface area (Å²) in [5.74, 6) is -0.0430. The van der Waals surface area contributed by atoms with E-state index < -0.39 is 0 Å². The number of hydrogen-bond donors (Lipinski definition) is 1. The molecule has 27 heavy (non-hydrogen) atoms. The molecule has 7 nitrogen and oxygen atoms in total. The van der Waals surface area contributed by atoms with Crippen LogP contribution in [0.4, 0.5) is 0 Å². The molecule has 0 spiro atoms. The first kappa shape index (κ1) is 17.5. The summed E-state index contributed by atoms with van der Waals surface area (Å²) in [4.78, 5) is 19.1. The molecule has 140 valence electrons. The molecule has 2 aromatic heterocycles. The van der Waals surface area contributed by atoms with Crippen LogP contribution in [0, 0.1) is 0 Å². The number of amides is 1. The molecule has 0 saturated heterocycles. The first-order valence-electron chi connectivity index (χ1n) is 9.30. The average Bonchev–Trinajstić information content (AvgIpc) is 3.35. The van der Waals surface area contributed by atoms with E-state index >= 15 is 0 Å². The third-order valence-corrected chi connectivity index (χ3v) is 4.95. The number of imidazole rings is 1. The predicted molar refractivity (Wildman–Crippen MR) is 102 cm³/mol. The number of rotatable bonds is 6. The fraction of sp³-hybridized carbons (Fsp3) is 0.350. The Hall–Kier alpha value is -2.93. The van der Waals surface area contributed by atoms with Gasteiger partial charge in [0, 0.05) is 56.2 Å². The van der Waals surface area contributed by atoms with Gasteiger partial charge in [-0.05, 0) is 19.1 Å². The number of aryl methyl sites for hydroxylation is 1. The molecule has 3 aromatic rings. The molecule has 3 heterocycles. The highest BCUT2D eigenvalue weighted by molar-refractivity contribution is 5.94. The zero-order chi connectivity index (χ0) is 18.6. The molecule has 1 amide bonds. The summed E-state index contributed by atoms with van der Waals surface area (Å²) in [6.45, 7) is 6.08. The van der Waals surface area contributed by atoms with E-state index in [1.807, 2.05) is 53.7 Å². The second-order valence-corrected chi connectivity index (χ2v) is 6.90. The van der Waals surface area contributed by atoms with Crippen molar-refractivity contribution in [3.05, 3.63) is 72.1 Å². The fourth-order valence-corrected chi connectivity index (χ4v) is 3.57. The topological polar surface area (TPSA) is 68.0 Å². The maximum atomic E-state index is 12.4. The number of aromatic nitrogens is 4. The average molecular weight is 364 g/mol. The number of benzene rings is 1. The Morgan fingerprint density at radius 1 is 1.26 bits per heavy atom. The van der Waals surface area contributed by atoms with Gasteiger partial charge in [-0.15, -0.1) is 0 Å². The lowest BCUT2D eigenvalue weighted by molar-refractivity contribution is 0.0935. The van der Waals surface area contributed by atoms with Crippen molar-refractivity contribution in [2.75, 3.05) is 13.1 Å². The fourth-order valence-electron chi connectivity index (χ4n) is 3.57. The van der Waals surface area contributed by atoms with Gasteiger partial charge in [-0.3, -0.25) is 14.4 Å². The summed E-state index contributed by atoms with van der Waals surface area (Å²) in [5.41, 5.74) is 3.06. The second-order valence-electron chi connectivity index (χ2n) is 6.90. The number of fused-ring (bicyclic) bond motifs is 1. The van der Waals surface area contributed by atoms with Gasteiger partial charge in [0.1, 0.15) is 0 Å². The van der Waals surface area contributed by atoms with Crippen molar-refractivity contribution in [3.63, 3.8) is 0 Å². The smallest absolute Gasteiger partial charge is 0.251 e.